The Bertz CT molecular complexity index is 258. The third-order valence-corrected chi connectivity index (χ3v) is 1.72. The van der Waals surface area contributed by atoms with Crippen LogP contribution in [0.3, 0.4) is 0 Å². The molecule has 0 bridgehead atoms. The van der Waals surface area contributed by atoms with Crippen molar-refractivity contribution in [3.63, 3.8) is 0 Å². The molecule has 0 aromatic heterocycles. The summed E-state index contributed by atoms with van der Waals surface area (Å²) < 4.78 is 5.09. The molecule has 0 fully saturated rings. The summed E-state index contributed by atoms with van der Waals surface area (Å²) in [5.74, 6) is 0.908. The Hall–Kier alpha value is -1.02. The lowest BCUT2D eigenvalue weighted by Crippen LogP contribution is -2.89. The minimum atomic E-state index is 0.231. The number of hydrogen-bond acceptors (Lipinski definition) is 1. The summed E-state index contributed by atoms with van der Waals surface area (Å²) in [4.78, 5) is 0. The molecule has 1 rings (SSSR count). The quantitative estimate of drug-likeness (QED) is 0.689. The highest BCUT2D eigenvalue weighted by molar-refractivity contribution is 5.35. The predicted molar refractivity (Wildman–Crippen MR) is 54.3 cm³/mol. The third kappa shape index (κ3) is 3.47. The number of rotatable bonds is 2. The van der Waals surface area contributed by atoms with Crippen molar-refractivity contribution in [3.05, 3.63) is 24.3 Å². The summed E-state index contributed by atoms with van der Waals surface area (Å²) in [7, 11) is 1.68. The summed E-state index contributed by atoms with van der Waals surface area (Å²) in [6.07, 6.45) is 0. The van der Waals surface area contributed by atoms with E-state index < -0.39 is 0 Å². The maximum Gasteiger partial charge on any atom is 0.130 e. The molecule has 0 unspecified atom stereocenters. The third-order valence-electron chi connectivity index (χ3n) is 1.72. The predicted octanol–water partition coefficient (Wildman–Crippen LogP) is 1.69. The van der Waals surface area contributed by atoms with Crippen molar-refractivity contribution in [2.45, 2.75) is 26.3 Å². The minimum absolute atomic E-state index is 0.231. The van der Waals surface area contributed by atoms with Crippen LogP contribution in [0.25, 0.3) is 0 Å². The van der Waals surface area contributed by atoms with E-state index in [9.17, 15) is 0 Å². The number of nitrogens with two attached hydrogens (primary N) is 1. The van der Waals surface area contributed by atoms with E-state index in [-0.39, 0.29) is 5.54 Å². The Morgan fingerprint density at radius 1 is 1.08 bits per heavy atom. The zero-order valence-corrected chi connectivity index (χ0v) is 8.79. The van der Waals surface area contributed by atoms with Crippen LogP contribution < -0.4 is 10.1 Å². The number of methoxy groups -OCH3 is 1. The summed E-state index contributed by atoms with van der Waals surface area (Å²) >= 11 is 0. The van der Waals surface area contributed by atoms with Crippen molar-refractivity contribution in [3.8, 4) is 5.75 Å². The molecule has 0 saturated carbocycles. The highest BCUT2D eigenvalue weighted by Gasteiger charge is 2.13. The smallest absolute Gasteiger partial charge is 0.130 e. The van der Waals surface area contributed by atoms with Crippen LogP contribution in [0, 0.1) is 0 Å². The molecule has 2 heteroatoms. The fourth-order valence-corrected chi connectivity index (χ4v) is 1.20. The van der Waals surface area contributed by atoms with Gasteiger partial charge in [0, 0.05) is 12.1 Å². The molecule has 2 nitrogen and oxygen atoms in total. The van der Waals surface area contributed by atoms with E-state index in [0.29, 0.717) is 0 Å². The Balaban J connectivity index is 2.70. The summed E-state index contributed by atoms with van der Waals surface area (Å²) in [5, 5.41) is 2.24. The Labute approximate surface area is 79.9 Å². The Kier molecular flexibility index (Phi) is 2.94. The van der Waals surface area contributed by atoms with Gasteiger partial charge in [0.15, 0.2) is 0 Å². The highest BCUT2D eigenvalue weighted by Crippen LogP contribution is 2.12. The summed E-state index contributed by atoms with van der Waals surface area (Å²) in [6.45, 7) is 6.58. The van der Waals surface area contributed by atoms with Crippen LogP contribution in [0.4, 0.5) is 5.69 Å². The van der Waals surface area contributed by atoms with Crippen molar-refractivity contribution in [1.82, 2.24) is 0 Å². The first-order valence-electron chi connectivity index (χ1n) is 4.51. The van der Waals surface area contributed by atoms with Crippen LogP contribution >= 0.6 is 0 Å². The van der Waals surface area contributed by atoms with Gasteiger partial charge in [-0.15, -0.1) is 0 Å². The minimum Gasteiger partial charge on any atom is -0.497 e. The average Bonchev–Trinajstić information content (AvgIpc) is 2.03. The second-order valence-corrected chi connectivity index (χ2v) is 4.28. The number of benzene rings is 1. The van der Waals surface area contributed by atoms with Crippen molar-refractivity contribution in [2.75, 3.05) is 7.11 Å². The van der Waals surface area contributed by atoms with E-state index in [4.69, 9.17) is 4.74 Å². The van der Waals surface area contributed by atoms with Gasteiger partial charge in [0.2, 0.25) is 0 Å². The maximum atomic E-state index is 5.09. The molecule has 0 aliphatic rings. The zero-order chi connectivity index (χ0) is 9.90. The molecule has 0 radical (unpaired) electrons. The molecule has 0 saturated heterocycles. The topological polar surface area (TPSA) is 25.8 Å². The molecular weight excluding hydrogens is 162 g/mol. The Morgan fingerprint density at radius 2 is 1.62 bits per heavy atom. The van der Waals surface area contributed by atoms with Crippen molar-refractivity contribution >= 4 is 5.69 Å². The molecule has 0 aliphatic heterocycles. The van der Waals surface area contributed by atoms with Gasteiger partial charge >= 0.3 is 0 Å². The normalized spacial score (nSPS) is 11.4. The fraction of sp³-hybridized carbons (Fsp3) is 0.455. The van der Waals surface area contributed by atoms with Crippen molar-refractivity contribution in [1.29, 1.82) is 0 Å². The van der Waals surface area contributed by atoms with Crippen LogP contribution in [-0.4, -0.2) is 12.6 Å². The molecular formula is C11H18NO+. The van der Waals surface area contributed by atoms with Gasteiger partial charge in [-0.3, -0.25) is 0 Å². The molecule has 1 aromatic carbocycles. The largest absolute Gasteiger partial charge is 0.497 e. The molecule has 0 aliphatic carbocycles. The van der Waals surface area contributed by atoms with Gasteiger partial charge in [0.1, 0.15) is 11.4 Å². The van der Waals surface area contributed by atoms with E-state index in [0.717, 1.165) is 5.75 Å². The molecule has 2 N–H and O–H groups in total. The highest BCUT2D eigenvalue weighted by atomic mass is 16.5. The lowest BCUT2D eigenvalue weighted by Gasteiger charge is -2.16. The molecule has 13 heavy (non-hydrogen) atoms. The van der Waals surface area contributed by atoms with Crippen molar-refractivity contribution in [2.24, 2.45) is 0 Å². The van der Waals surface area contributed by atoms with E-state index >= 15 is 0 Å². The van der Waals surface area contributed by atoms with Gasteiger partial charge < -0.3 is 10.1 Å². The van der Waals surface area contributed by atoms with Gasteiger partial charge in [0.05, 0.1) is 12.6 Å². The fourth-order valence-electron chi connectivity index (χ4n) is 1.20. The van der Waals surface area contributed by atoms with Gasteiger partial charge in [-0.05, 0) is 32.9 Å². The van der Waals surface area contributed by atoms with Crippen LogP contribution in [0.15, 0.2) is 24.3 Å². The molecule has 0 heterocycles. The molecule has 1 aromatic rings. The van der Waals surface area contributed by atoms with Gasteiger partial charge in [-0.25, -0.2) is 0 Å². The molecule has 0 amide bonds. The molecule has 72 valence electrons. The number of quaternary nitrogens is 1. The van der Waals surface area contributed by atoms with Gasteiger partial charge in [0.25, 0.3) is 0 Å². The van der Waals surface area contributed by atoms with Crippen molar-refractivity contribution < 1.29 is 10.1 Å². The standard InChI is InChI=1S/C11H17NO/c1-11(2,3)12-9-5-7-10(13-4)8-6-9/h5-8,12H,1-4H3/p+1. The summed E-state index contributed by atoms with van der Waals surface area (Å²) in [5.41, 5.74) is 1.47. The second kappa shape index (κ2) is 3.79. The maximum absolute atomic E-state index is 5.09. The molecule has 0 atom stereocenters. The van der Waals surface area contributed by atoms with Crippen LogP contribution in [0.1, 0.15) is 20.8 Å². The first-order chi connectivity index (χ1) is 6.01. The number of ether oxygens (including phenoxy) is 1. The van der Waals surface area contributed by atoms with E-state index in [2.05, 4.69) is 38.2 Å². The van der Waals surface area contributed by atoms with E-state index in [1.165, 1.54) is 5.69 Å². The molecule has 0 spiro atoms. The van der Waals surface area contributed by atoms with Crippen LogP contribution in [-0.2, 0) is 0 Å². The van der Waals surface area contributed by atoms with E-state index in [1.54, 1.807) is 7.11 Å². The average molecular weight is 180 g/mol. The SMILES string of the molecule is COc1ccc([NH2+]C(C)(C)C)cc1. The number of hydrogen-bond donors (Lipinski definition) is 1. The van der Waals surface area contributed by atoms with Gasteiger partial charge in [-0.1, -0.05) is 0 Å². The lowest BCUT2D eigenvalue weighted by molar-refractivity contribution is -0.642. The first-order valence-corrected chi connectivity index (χ1v) is 4.51. The lowest BCUT2D eigenvalue weighted by atomic mass is 10.1. The zero-order valence-electron chi connectivity index (χ0n) is 8.79. The van der Waals surface area contributed by atoms with Crippen LogP contribution in [0.2, 0.25) is 0 Å². The Morgan fingerprint density at radius 3 is 2.00 bits per heavy atom. The first kappa shape index (κ1) is 10.1. The van der Waals surface area contributed by atoms with E-state index in [1.807, 2.05) is 12.1 Å². The second-order valence-electron chi connectivity index (χ2n) is 4.28. The summed E-state index contributed by atoms with van der Waals surface area (Å²) in [6, 6.07) is 8.11. The van der Waals surface area contributed by atoms with Crippen LogP contribution in [0.5, 0.6) is 5.75 Å². The monoisotopic (exact) mass is 180 g/mol. The van der Waals surface area contributed by atoms with Gasteiger partial charge in [-0.2, -0.15) is 0 Å².